The molecule has 3 atom stereocenters. The molecule has 0 amide bonds. The van der Waals surface area contributed by atoms with Crippen LogP contribution in [-0.4, -0.2) is 98.8 Å². The van der Waals surface area contributed by atoms with Gasteiger partial charge < -0.3 is 19.9 Å². The van der Waals surface area contributed by atoms with Crippen LogP contribution in [0.25, 0.3) is 0 Å². The lowest BCUT2D eigenvalue weighted by molar-refractivity contribution is -0.0480. The summed E-state index contributed by atoms with van der Waals surface area (Å²) in [6.07, 6.45) is 2.56. The molecule has 6 nitrogen and oxygen atoms in total. The Balaban J connectivity index is 1.28. The molecule has 0 saturated carbocycles. The Morgan fingerprint density at radius 3 is 2.95 bits per heavy atom. The van der Waals surface area contributed by atoms with Crippen molar-refractivity contribution in [3.8, 4) is 0 Å². The fourth-order valence-electron chi connectivity index (χ4n) is 3.57. The lowest BCUT2D eigenvalue weighted by Gasteiger charge is -2.35. The van der Waals surface area contributed by atoms with Crippen molar-refractivity contribution in [2.45, 2.75) is 31.1 Å². The van der Waals surface area contributed by atoms with Gasteiger partial charge in [-0.25, -0.2) is 0 Å². The van der Waals surface area contributed by atoms with Gasteiger partial charge in [0.15, 0.2) is 0 Å². The van der Waals surface area contributed by atoms with Crippen molar-refractivity contribution < 1.29 is 14.6 Å². The lowest BCUT2D eigenvalue weighted by Crippen LogP contribution is -2.50. The van der Waals surface area contributed by atoms with Gasteiger partial charge in [-0.3, -0.25) is 9.80 Å². The molecular formula is C15H29N3O3. The summed E-state index contributed by atoms with van der Waals surface area (Å²) in [6.45, 7) is 8.78. The fraction of sp³-hybridized carbons (Fsp3) is 1.00. The molecule has 0 bridgehead atoms. The van der Waals surface area contributed by atoms with Gasteiger partial charge in [0.05, 0.1) is 32.0 Å². The number of fused-ring (bicyclic) bond motifs is 1. The Hall–Kier alpha value is -0.240. The number of nitrogens with zero attached hydrogens (tertiary/aromatic N) is 2. The molecule has 6 heteroatoms. The minimum absolute atomic E-state index is 0.273. The standard InChI is InChI=1S/C15H29N3O3/c19-14(10-17-4-6-20-7-5-17)8-16-9-15-11-18-3-1-2-13(18)12-21-15/h13-16,19H,1-12H2. The van der Waals surface area contributed by atoms with Gasteiger partial charge in [0.2, 0.25) is 0 Å². The van der Waals surface area contributed by atoms with E-state index in [2.05, 4.69) is 15.1 Å². The maximum absolute atomic E-state index is 10.1. The van der Waals surface area contributed by atoms with Crippen LogP contribution in [0.2, 0.25) is 0 Å². The molecule has 3 unspecified atom stereocenters. The molecule has 21 heavy (non-hydrogen) atoms. The van der Waals surface area contributed by atoms with Crippen LogP contribution in [-0.2, 0) is 9.47 Å². The molecular weight excluding hydrogens is 270 g/mol. The third kappa shape index (κ3) is 4.61. The highest BCUT2D eigenvalue weighted by molar-refractivity contribution is 4.86. The second-order valence-corrected chi connectivity index (χ2v) is 6.47. The first-order valence-electron chi connectivity index (χ1n) is 8.36. The second kappa shape index (κ2) is 7.85. The van der Waals surface area contributed by atoms with Crippen molar-refractivity contribution >= 4 is 0 Å². The maximum atomic E-state index is 10.1. The Bertz CT molecular complexity index is 313. The van der Waals surface area contributed by atoms with E-state index in [-0.39, 0.29) is 12.2 Å². The normalized spacial score (nSPS) is 33.0. The highest BCUT2D eigenvalue weighted by Gasteiger charge is 2.31. The molecule has 3 aliphatic heterocycles. The van der Waals surface area contributed by atoms with E-state index in [0.717, 1.165) is 52.5 Å². The molecule has 0 aromatic heterocycles. The summed E-state index contributed by atoms with van der Waals surface area (Å²) in [7, 11) is 0. The second-order valence-electron chi connectivity index (χ2n) is 6.47. The summed E-state index contributed by atoms with van der Waals surface area (Å²) in [4.78, 5) is 4.82. The van der Waals surface area contributed by atoms with Gasteiger partial charge in [-0.2, -0.15) is 0 Å². The molecule has 3 saturated heterocycles. The van der Waals surface area contributed by atoms with Crippen LogP contribution >= 0.6 is 0 Å². The molecule has 2 N–H and O–H groups in total. The highest BCUT2D eigenvalue weighted by Crippen LogP contribution is 2.22. The van der Waals surface area contributed by atoms with Crippen LogP contribution < -0.4 is 5.32 Å². The monoisotopic (exact) mass is 299 g/mol. The van der Waals surface area contributed by atoms with Gasteiger partial charge >= 0.3 is 0 Å². The fourth-order valence-corrected chi connectivity index (χ4v) is 3.57. The van der Waals surface area contributed by atoms with Gasteiger partial charge in [0, 0.05) is 45.3 Å². The van der Waals surface area contributed by atoms with E-state index < -0.39 is 0 Å². The van der Waals surface area contributed by atoms with Crippen LogP contribution in [0.1, 0.15) is 12.8 Å². The molecule has 0 radical (unpaired) electrons. The molecule has 122 valence electrons. The zero-order valence-corrected chi connectivity index (χ0v) is 12.9. The van der Waals surface area contributed by atoms with E-state index in [1.165, 1.54) is 19.4 Å². The van der Waals surface area contributed by atoms with Crippen molar-refractivity contribution in [3.63, 3.8) is 0 Å². The molecule has 3 aliphatic rings. The van der Waals surface area contributed by atoms with E-state index in [1.54, 1.807) is 0 Å². The predicted octanol–water partition coefficient (Wildman–Crippen LogP) is -0.868. The average Bonchev–Trinajstić information content (AvgIpc) is 2.96. The zero-order chi connectivity index (χ0) is 14.5. The number of rotatable bonds is 6. The molecule has 0 spiro atoms. The van der Waals surface area contributed by atoms with Crippen molar-refractivity contribution in [2.24, 2.45) is 0 Å². The number of β-amino-alcohol motifs (C(OH)–C–C–N with tert-alkyl or cyclic N) is 1. The Morgan fingerprint density at radius 1 is 1.24 bits per heavy atom. The number of hydrogen-bond acceptors (Lipinski definition) is 6. The first kappa shape index (κ1) is 15.6. The van der Waals surface area contributed by atoms with Gasteiger partial charge in [0.25, 0.3) is 0 Å². The van der Waals surface area contributed by atoms with Gasteiger partial charge in [-0.1, -0.05) is 0 Å². The number of nitrogens with one attached hydrogen (secondary N) is 1. The number of aliphatic hydroxyl groups is 1. The third-order valence-corrected chi connectivity index (χ3v) is 4.79. The topological polar surface area (TPSA) is 57.2 Å². The van der Waals surface area contributed by atoms with E-state index in [9.17, 15) is 5.11 Å². The van der Waals surface area contributed by atoms with Gasteiger partial charge in [0.1, 0.15) is 0 Å². The van der Waals surface area contributed by atoms with Crippen molar-refractivity contribution in [1.29, 1.82) is 0 Å². The van der Waals surface area contributed by atoms with Crippen molar-refractivity contribution in [2.75, 3.05) is 65.6 Å². The van der Waals surface area contributed by atoms with Crippen LogP contribution in [0.4, 0.5) is 0 Å². The van der Waals surface area contributed by atoms with Crippen molar-refractivity contribution in [3.05, 3.63) is 0 Å². The molecule has 3 rings (SSSR count). The molecule has 0 aromatic rings. The number of aliphatic hydroxyl groups excluding tert-OH is 1. The number of morpholine rings is 2. The molecule has 3 heterocycles. The highest BCUT2D eigenvalue weighted by atomic mass is 16.5. The zero-order valence-electron chi connectivity index (χ0n) is 12.9. The van der Waals surface area contributed by atoms with E-state index in [1.807, 2.05) is 0 Å². The lowest BCUT2D eigenvalue weighted by atomic mass is 10.2. The molecule has 3 fully saturated rings. The Labute approximate surface area is 127 Å². The summed E-state index contributed by atoms with van der Waals surface area (Å²) < 4.78 is 11.2. The minimum atomic E-state index is -0.314. The molecule has 0 aromatic carbocycles. The first-order valence-corrected chi connectivity index (χ1v) is 8.36. The SMILES string of the molecule is OC(CNCC1CN2CCCC2CO1)CN1CCOCC1. The van der Waals surface area contributed by atoms with Gasteiger partial charge in [-0.15, -0.1) is 0 Å². The van der Waals surface area contributed by atoms with Crippen LogP contribution in [0.15, 0.2) is 0 Å². The van der Waals surface area contributed by atoms with Crippen molar-refractivity contribution in [1.82, 2.24) is 15.1 Å². The smallest absolute Gasteiger partial charge is 0.0827 e. The summed E-state index contributed by atoms with van der Waals surface area (Å²) in [5.41, 5.74) is 0. The summed E-state index contributed by atoms with van der Waals surface area (Å²) >= 11 is 0. The van der Waals surface area contributed by atoms with E-state index >= 15 is 0 Å². The summed E-state index contributed by atoms with van der Waals surface area (Å²) in [5, 5.41) is 13.4. The Kier molecular flexibility index (Phi) is 5.85. The summed E-state index contributed by atoms with van der Waals surface area (Å²) in [6, 6.07) is 0.660. The third-order valence-electron chi connectivity index (χ3n) is 4.79. The number of ether oxygens (including phenoxy) is 2. The molecule has 0 aliphatic carbocycles. The quantitative estimate of drug-likeness (QED) is 0.665. The van der Waals surface area contributed by atoms with Crippen LogP contribution in [0, 0.1) is 0 Å². The number of hydrogen-bond donors (Lipinski definition) is 2. The average molecular weight is 299 g/mol. The van der Waals surface area contributed by atoms with Crippen LogP contribution in [0.5, 0.6) is 0 Å². The summed E-state index contributed by atoms with van der Waals surface area (Å²) in [5.74, 6) is 0. The maximum Gasteiger partial charge on any atom is 0.0827 e. The van der Waals surface area contributed by atoms with E-state index in [0.29, 0.717) is 12.6 Å². The predicted molar refractivity (Wildman–Crippen MR) is 80.5 cm³/mol. The van der Waals surface area contributed by atoms with Crippen LogP contribution in [0.3, 0.4) is 0 Å². The largest absolute Gasteiger partial charge is 0.390 e. The van der Waals surface area contributed by atoms with Gasteiger partial charge in [-0.05, 0) is 19.4 Å². The minimum Gasteiger partial charge on any atom is -0.390 e. The first-order chi connectivity index (χ1) is 10.3. The Morgan fingerprint density at radius 2 is 2.10 bits per heavy atom. The van der Waals surface area contributed by atoms with E-state index in [4.69, 9.17) is 9.47 Å².